The zero-order valence-corrected chi connectivity index (χ0v) is 16.5. The average molecular weight is 401 g/mol. The lowest BCUT2D eigenvalue weighted by atomic mass is 9.72. The standard InChI is InChI=1S/C19H23N5O3S/c1-23(9-11-2-3-12-13(8-11)22-28-21-12)17(25)15-14-4-5-19(27-14)10-24(7-6-20)18(26)16(15)19/h2-3,8,14-16H,4-7,9-10,20H2,1H3/t14-,15-,16+,19-/m0/s1. The summed E-state index contributed by atoms with van der Waals surface area (Å²) in [6.45, 7) is 1.97. The summed E-state index contributed by atoms with van der Waals surface area (Å²) in [5, 5.41) is 0. The van der Waals surface area contributed by atoms with Crippen LogP contribution in [0.5, 0.6) is 0 Å². The van der Waals surface area contributed by atoms with Crippen molar-refractivity contribution in [3.63, 3.8) is 0 Å². The van der Waals surface area contributed by atoms with Crippen molar-refractivity contribution in [2.75, 3.05) is 26.7 Å². The largest absolute Gasteiger partial charge is 0.368 e. The number of carbonyl (C=O) groups is 2. The predicted molar refractivity (Wildman–Crippen MR) is 103 cm³/mol. The summed E-state index contributed by atoms with van der Waals surface area (Å²) in [4.78, 5) is 29.8. The molecule has 148 valence electrons. The molecule has 5 rings (SSSR count). The summed E-state index contributed by atoms with van der Waals surface area (Å²) in [7, 11) is 1.79. The number of benzene rings is 1. The van der Waals surface area contributed by atoms with Gasteiger partial charge in [-0.3, -0.25) is 9.59 Å². The van der Waals surface area contributed by atoms with Gasteiger partial charge in [-0.15, -0.1) is 0 Å². The lowest BCUT2D eigenvalue weighted by molar-refractivity contribution is -0.143. The molecule has 2 aromatic rings. The van der Waals surface area contributed by atoms with Crippen molar-refractivity contribution in [3.8, 4) is 0 Å². The second kappa shape index (κ2) is 6.47. The molecule has 9 heteroatoms. The fourth-order valence-electron chi connectivity index (χ4n) is 5.20. The van der Waals surface area contributed by atoms with E-state index in [0.717, 1.165) is 29.4 Å². The Labute approximate surface area is 166 Å². The van der Waals surface area contributed by atoms with Crippen LogP contribution in [0.4, 0.5) is 0 Å². The van der Waals surface area contributed by atoms with Gasteiger partial charge in [0.25, 0.3) is 0 Å². The maximum Gasteiger partial charge on any atom is 0.229 e. The van der Waals surface area contributed by atoms with E-state index in [-0.39, 0.29) is 23.8 Å². The summed E-state index contributed by atoms with van der Waals surface area (Å²) in [6.07, 6.45) is 1.52. The second-order valence-corrected chi connectivity index (χ2v) is 8.62. The van der Waals surface area contributed by atoms with Crippen molar-refractivity contribution in [3.05, 3.63) is 23.8 Å². The summed E-state index contributed by atoms with van der Waals surface area (Å²) in [5.41, 5.74) is 7.86. The molecule has 3 saturated heterocycles. The quantitative estimate of drug-likeness (QED) is 0.788. The van der Waals surface area contributed by atoms with Gasteiger partial charge in [0, 0.05) is 26.7 Å². The van der Waals surface area contributed by atoms with Crippen LogP contribution in [0.3, 0.4) is 0 Å². The Morgan fingerprint density at radius 2 is 2.25 bits per heavy atom. The van der Waals surface area contributed by atoms with Gasteiger partial charge < -0.3 is 20.3 Å². The minimum absolute atomic E-state index is 0.0176. The number of likely N-dealkylation sites (tertiary alicyclic amines) is 1. The van der Waals surface area contributed by atoms with Gasteiger partial charge in [0.15, 0.2) is 0 Å². The van der Waals surface area contributed by atoms with Crippen molar-refractivity contribution in [2.45, 2.75) is 31.1 Å². The number of nitrogens with two attached hydrogens (primary N) is 1. The van der Waals surface area contributed by atoms with Crippen LogP contribution in [0.25, 0.3) is 11.0 Å². The van der Waals surface area contributed by atoms with Crippen molar-refractivity contribution in [1.29, 1.82) is 0 Å². The van der Waals surface area contributed by atoms with E-state index in [1.165, 1.54) is 11.7 Å². The number of amides is 2. The first-order chi connectivity index (χ1) is 13.5. The molecule has 3 aliphatic heterocycles. The number of fused-ring (bicyclic) bond motifs is 2. The Balaban J connectivity index is 1.36. The normalized spacial score (nSPS) is 31.0. The maximum atomic E-state index is 13.3. The fourth-order valence-corrected chi connectivity index (χ4v) is 5.72. The molecule has 0 radical (unpaired) electrons. The van der Waals surface area contributed by atoms with Gasteiger partial charge in [0.05, 0.1) is 41.8 Å². The van der Waals surface area contributed by atoms with Gasteiger partial charge >= 0.3 is 0 Å². The van der Waals surface area contributed by atoms with E-state index in [4.69, 9.17) is 10.5 Å². The highest BCUT2D eigenvalue weighted by molar-refractivity contribution is 7.00. The van der Waals surface area contributed by atoms with Crippen molar-refractivity contribution < 1.29 is 14.3 Å². The lowest BCUT2D eigenvalue weighted by Gasteiger charge is -2.30. The van der Waals surface area contributed by atoms with Gasteiger partial charge in [0.1, 0.15) is 11.0 Å². The predicted octanol–water partition coefficient (Wildman–Crippen LogP) is 0.614. The van der Waals surface area contributed by atoms with Gasteiger partial charge in [-0.2, -0.15) is 8.75 Å². The molecule has 0 aliphatic carbocycles. The van der Waals surface area contributed by atoms with Gasteiger partial charge in [-0.1, -0.05) is 6.07 Å². The molecule has 4 atom stereocenters. The summed E-state index contributed by atoms with van der Waals surface area (Å²) < 4.78 is 14.7. The monoisotopic (exact) mass is 401 g/mol. The van der Waals surface area contributed by atoms with E-state index in [1.54, 1.807) is 16.8 Å². The number of rotatable bonds is 5. The Morgan fingerprint density at radius 3 is 3.07 bits per heavy atom. The Morgan fingerprint density at radius 1 is 1.43 bits per heavy atom. The van der Waals surface area contributed by atoms with Gasteiger partial charge in [-0.25, -0.2) is 0 Å². The van der Waals surface area contributed by atoms with E-state index < -0.39 is 11.5 Å². The van der Waals surface area contributed by atoms with Crippen LogP contribution in [-0.4, -0.2) is 68.7 Å². The van der Waals surface area contributed by atoms with Crippen LogP contribution in [0.1, 0.15) is 18.4 Å². The smallest absolute Gasteiger partial charge is 0.229 e. The molecule has 0 unspecified atom stereocenters. The maximum absolute atomic E-state index is 13.3. The Bertz CT molecular complexity index is 949. The zero-order chi connectivity index (χ0) is 19.5. The van der Waals surface area contributed by atoms with E-state index >= 15 is 0 Å². The van der Waals surface area contributed by atoms with E-state index in [9.17, 15) is 9.59 Å². The van der Waals surface area contributed by atoms with E-state index in [0.29, 0.717) is 26.2 Å². The first-order valence-corrected chi connectivity index (χ1v) is 10.4. The molecule has 28 heavy (non-hydrogen) atoms. The van der Waals surface area contributed by atoms with Crippen LogP contribution >= 0.6 is 11.7 Å². The number of carbonyl (C=O) groups excluding carboxylic acids is 2. The second-order valence-electron chi connectivity index (χ2n) is 8.09. The molecule has 4 heterocycles. The first-order valence-electron chi connectivity index (χ1n) is 9.65. The molecule has 3 fully saturated rings. The van der Waals surface area contributed by atoms with E-state index in [2.05, 4.69) is 8.75 Å². The molecule has 8 nitrogen and oxygen atoms in total. The van der Waals surface area contributed by atoms with Crippen LogP contribution in [0, 0.1) is 11.8 Å². The topological polar surface area (TPSA) is 102 Å². The fraction of sp³-hybridized carbons (Fsp3) is 0.579. The minimum atomic E-state index is -0.497. The van der Waals surface area contributed by atoms with Gasteiger partial charge in [0.2, 0.25) is 11.8 Å². The Kier molecular flexibility index (Phi) is 4.15. The van der Waals surface area contributed by atoms with Crippen molar-refractivity contribution in [1.82, 2.24) is 18.5 Å². The molecule has 2 N–H and O–H groups in total. The zero-order valence-electron chi connectivity index (χ0n) is 15.7. The number of ether oxygens (including phenoxy) is 1. The number of nitrogens with zero attached hydrogens (tertiary/aromatic N) is 4. The third-order valence-corrected chi connectivity index (χ3v) is 6.96. The highest BCUT2D eigenvalue weighted by Crippen LogP contribution is 2.55. The molecule has 2 amide bonds. The number of hydrogen-bond acceptors (Lipinski definition) is 7. The molecular weight excluding hydrogens is 378 g/mol. The molecule has 0 saturated carbocycles. The third-order valence-electron chi connectivity index (χ3n) is 6.40. The van der Waals surface area contributed by atoms with Crippen LogP contribution in [0.15, 0.2) is 18.2 Å². The van der Waals surface area contributed by atoms with Gasteiger partial charge in [-0.05, 0) is 30.5 Å². The van der Waals surface area contributed by atoms with Crippen molar-refractivity contribution >= 4 is 34.6 Å². The van der Waals surface area contributed by atoms with Crippen molar-refractivity contribution in [2.24, 2.45) is 17.6 Å². The number of hydrogen-bond donors (Lipinski definition) is 1. The number of aromatic nitrogens is 2. The van der Waals surface area contributed by atoms with E-state index in [1.807, 2.05) is 18.2 Å². The van der Waals surface area contributed by atoms with Crippen LogP contribution < -0.4 is 5.73 Å². The molecule has 1 spiro atoms. The highest BCUT2D eigenvalue weighted by atomic mass is 32.1. The summed E-state index contributed by atoms with van der Waals surface area (Å²) >= 11 is 1.18. The SMILES string of the molecule is CN(Cc1ccc2nsnc2c1)C(=O)[C@H]1[C@@H]2CC[C@@]3(CN(CCN)C(=O)[C@@H]13)O2. The third kappa shape index (κ3) is 2.57. The summed E-state index contributed by atoms with van der Waals surface area (Å²) in [5.74, 6) is -0.776. The van der Waals surface area contributed by atoms with Crippen LogP contribution in [0.2, 0.25) is 0 Å². The molecule has 1 aromatic heterocycles. The highest BCUT2D eigenvalue weighted by Gasteiger charge is 2.68. The molecule has 1 aromatic carbocycles. The molecule has 2 bridgehead atoms. The first kappa shape index (κ1) is 18.0. The molecule has 3 aliphatic rings. The minimum Gasteiger partial charge on any atom is -0.368 e. The summed E-state index contributed by atoms with van der Waals surface area (Å²) in [6, 6.07) is 5.86. The average Bonchev–Trinajstić information content (AvgIpc) is 3.42. The van der Waals surface area contributed by atoms with Crippen LogP contribution in [-0.2, 0) is 20.9 Å². The molecular formula is C19H23N5O3S. The lowest BCUT2D eigenvalue weighted by Crippen LogP contribution is -2.46. The Hall–Kier alpha value is -2.10.